The topological polar surface area (TPSA) is 89.3 Å². The summed E-state index contributed by atoms with van der Waals surface area (Å²) in [5.74, 6) is 0.199. The number of carbonyl (C=O) groups excluding carboxylic acids is 2. The highest BCUT2D eigenvalue weighted by Crippen LogP contribution is 2.34. The Labute approximate surface area is 222 Å². The molecule has 202 valence electrons. The Balaban J connectivity index is 1.29. The van der Waals surface area contributed by atoms with Gasteiger partial charge in [-0.25, -0.2) is 14.4 Å². The van der Waals surface area contributed by atoms with Crippen molar-refractivity contribution in [2.75, 3.05) is 31.6 Å². The monoisotopic (exact) mass is 521 g/mol. The number of nitrogens with one attached hydrogen (secondary N) is 1. The van der Waals surface area contributed by atoms with Crippen LogP contribution in [0.5, 0.6) is 0 Å². The standard InChI is InChI=1S/C29H36FN5O3/c1-18(2)35-17-32-28-24(30)13-22(14-25(28)35)23-15-26(31-16-19(23)3)33-29(37)21-6-4-5-20(11-21)12-27(36)34-7-9-38-10-8-34/h13-18,20-21H,4-12H2,1-3H3,(H,31,33,37)/t20-,21+/m1/s1. The molecule has 1 N–H and O–H groups in total. The van der Waals surface area contributed by atoms with Gasteiger partial charge in [0, 0.05) is 37.7 Å². The van der Waals surface area contributed by atoms with Gasteiger partial charge >= 0.3 is 0 Å². The first-order valence-electron chi connectivity index (χ1n) is 13.6. The first-order chi connectivity index (χ1) is 18.3. The number of nitrogens with zero attached hydrogens (tertiary/aromatic N) is 4. The van der Waals surface area contributed by atoms with Gasteiger partial charge in [0.05, 0.1) is 25.1 Å². The summed E-state index contributed by atoms with van der Waals surface area (Å²) in [6, 6.07) is 5.39. The number of carbonyl (C=O) groups is 2. The molecular weight excluding hydrogens is 485 g/mol. The van der Waals surface area contributed by atoms with E-state index in [0.717, 1.165) is 35.9 Å². The summed E-state index contributed by atoms with van der Waals surface area (Å²) in [6.07, 6.45) is 7.24. The first kappa shape index (κ1) is 26.3. The van der Waals surface area contributed by atoms with Gasteiger partial charge in [0.15, 0.2) is 5.82 Å². The van der Waals surface area contributed by atoms with E-state index in [4.69, 9.17) is 4.74 Å². The van der Waals surface area contributed by atoms with Crippen LogP contribution in [-0.4, -0.2) is 57.6 Å². The number of amides is 2. The summed E-state index contributed by atoms with van der Waals surface area (Å²) in [7, 11) is 0. The van der Waals surface area contributed by atoms with Gasteiger partial charge in [-0.05, 0) is 80.8 Å². The van der Waals surface area contributed by atoms with E-state index in [1.165, 1.54) is 6.07 Å². The molecule has 9 heteroatoms. The smallest absolute Gasteiger partial charge is 0.228 e. The fourth-order valence-electron chi connectivity index (χ4n) is 5.69. The molecule has 0 bridgehead atoms. The summed E-state index contributed by atoms with van der Waals surface area (Å²) in [4.78, 5) is 36.5. The molecule has 2 amide bonds. The van der Waals surface area contributed by atoms with E-state index in [1.807, 2.05) is 42.4 Å². The molecule has 5 rings (SSSR count). The van der Waals surface area contributed by atoms with Gasteiger partial charge in [-0.3, -0.25) is 9.59 Å². The van der Waals surface area contributed by atoms with Gasteiger partial charge in [-0.1, -0.05) is 6.42 Å². The molecule has 1 saturated heterocycles. The fourth-order valence-corrected chi connectivity index (χ4v) is 5.69. The van der Waals surface area contributed by atoms with E-state index in [9.17, 15) is 14.0 Å². The molecule has 1 saturated carbocycles. The van der Waals surface area contributed by atoms with Crippen LogP contribution in [0.3, 0.4) is 0 Å². The molecule has 1 aliphatic heterocycles. The highest BCUT2D eigenvalue weighted by Gasteiger charge is 2.30. The van der Waals surface area contributed by atoms with Crippen molar-refractivity contribution in [3.8, 4) is 11.1 Å². The van der Waals surface area contributed by atoms with Crippen molar-refractivity contribution in [3.63, 3.8) is 0 Å². The van der Waals surface area contributed by atoms with E-state index in [-0.39, 0.29) is 35.5 Å². The number of pyridine rings is 1. The molecule has 2 aliphatic rings. The maximum Gasteiger partial charge on any atom is 0.228 e. The maximum atomic E-state index is 14.9. The molecule has 3 aromatic rings. The molecule has 0 spiro atoms. The number of aromatic nitrogens is 3. The predicted octanol–water partition coefficient (Wildman–Crippen LogP) is 5.12. The number of hydrogen-bond acceptors (Lipinski definition) is 5. The van der Waals surface area contributed by atoms with E-state index in [1.54, 1.807) is 12.5 Å². The average Bonchev–Trinajstić information content (AvgIpc) is 3.35. The highest BCUT2D eigenvalue weighted by molar-refractivity contribution is 5.93. The maximum absolute atomic E-state index is 14.9. The SMILES string of the molecule is Cc1cnc(NC(=O)[C@H]2CCC[C@@H](CC(=O)N3CCOCC3)C2)cc1-c1cc(F)c2ncn(C(C)C)c2c1. The van der Waals surface area contributed by atoms with E-state index in [0.29, 0.717) is 56.0 Å². The van der Waals surface area contributed by atoms with Crippen LogP contribution in [0.15, 0.2) is 30.7 Å². The Kier molecular flexibility index (Phi) is 7.74. The van der Waals surface area contributed by atoms with Crippen LogP contribution in [0.1, 0.15) is 57.6 Å². The molecule has 1 aromatic carbocycles. The van der Waals surface area contributed by atoms with Gasteiger partial charge in [-0.15, -0.1) is 0 Å². The Morgan fingerprint density at radius 1 is 1.16 bits per heavy atom. The van der Waals surface area contributed by atoms with Crippen molar-refractivity contribution in [1.82, 2.24) is 19.4 Å². The number of aryl methyl sites for hydroxylation is 1. The number of halogens is 1. The van der Waals surface area contributed by atoms with Crippen LogP contribution in [-0.2, 0) is 14.3 Å². The molecule has 2 aromatic heterocycles. The summed E-state index contributed by atoms with van der Waals surface area (Å²) in [5.41, 5.74) is 3.49. The molecule has 0 unspecified atom stereocenters. The van der Waals surface area contributed by atoms with Gasteiger partial charge in [0.1, 0.15) is 11.3 Å². The second kappa shape index (κ2) is 11.2. The summed E-state index contributed by atoms with van der Waals surface area (Å²) in [5, 5.41) is 2.99. The summed E-state index contributed by atoms with van der Waals surface area (Å²) < 4.78 is 22.2. The number of anilines is 1. The van der Waals surface area contributed by atoms with E-state index in [2.05, 4.69) is 15.3 Å². The zero-order valence-electron chi connectivity index (χ0n) is 22.4. The molecule has 3 heterocycles. The average molecular weight is 522 g/mol. The first-order valence-corrected chi connectivity index (χ1v) is 13.6. The lowest BCUT2D eigenvalue weighted by molar-refractivity contribution is -0.137. The van der Waals surface area contributed by atoms with Gasteiger partial charge in [0.25, 0.3) is 0 Å². The lowest BCUT2D eigenvalue weighted by Crippen LogP contribution is -2.41. The summed E-state index contributed by atoms with van der Waals surface area (Å²) >= 11 is 0. The second-order valence-electron chi connectivity index (χ2n) is 10.9. The number of morpholine rings is 1. The third kappa shape index (κ3) is 5.57. The van der Waals surface area contributed by atoms with Gasteiger partial charge in [-0.2, -0.15) is 0 Å². The third-order valence-corrected chi connectivity index (χ3v) is 7.84. The zero-order chi connectivity index (χ0) is 26.8. The molecule has 2 fully saturated rings. The van der Waals surface area contributed by atoms with Crippen LogP contribution in [0.4, 0.5) is 10.2 Å². The van der Waals surface area contributed by atoms with Crippen molar-refractivity contribution >= 4 is 28.7 Å². The Morgan fingerprint density at radius 3 is 2.71 bits per heavy atom. The normalized spacial score (nSPS) is 20.2. The van der Waals surface area contributed by atoms with Crippen LogP contribution in [0, 0.1) is 24.6 Å². The van der Waals surface area contributed by atoms with Crippen molar-refractivity contribution in [1.29, 1.82) is 0 Å². The molecular formula is C29H36FN5O3. The largest absolute Gasteiger partial charge is 0.378 e. The molecule has 1 aliphatic carbocycles. The van der Waals surface area contributed by atoms with Gasteiger partial charge < -0.3 is 19.5 Å². The number of imidazole rings is 1. The lowest BCUT2D eigenvalue weighted by Gasteiger charge is -2.31. The van der Waals surface area contributed by atoms with Crippen molar-refractivity contribution in [3.05, 3.63) is 42.1 Å². The highest BCUT2D eigenvalue weighted by atomic mass is 19.1. The fraction of sp³-hybridized carbons (Fsp3) is 0.517. The molecule has 8 nitrogen and oxygen atoms in total. The van der Waals surface area contributed by atoms with Crippen LogP contribution in [0.25, 0.3) is 22.2 Å². The van der Waals surface area contributed by atoms with E-state index >= 15 is 0 Å². The third-order valence-electron chi connectivity index (χ3n) is 7.84. The molecule has 2 atom stereocenters. The minimum absolute atomic E-state index is 0.0738. The van der Waals surface area contributed by atoms with Gasteiger partial charge in [0.2, 0.25) is 11.8 Å². The number of fused-ring (bicyclic) bond motifs is 1. The quantitative estimate of drug-likeness (QED) is 0.486. The van der Waals surface area contributed by atoms with Crippen molar-refractivity contribution in [2.45, 2.75) is 58.9 Å². The number of ether oxygens (including phenoxy) is 1. The Bertz CT molecular complexity index is 1330. The number of rotatable bonds is 6. The lowest BCUT2D eigenvalue weighted by atomic mass is 9.79. The zero-order valence-corrected chi connectivity index (χ0v) is 22.4. The van der Waals surface area contributed by atoms with Crippen LogP contribution in [0.2, 0.25) is 0 Å². The van der Waals surface area contributed by atoms with E-state index < -0.39 is 0 Å². The minimum atomic E-state index is -0.376. The Hall–Kier alpha value is -3.33. The van der Waals surface area contributed by atoms with Crippen molar-refractivity contribution < 1.29 is 18.7 Å². The van der Waals surface area contributed by atoms with Crippen LogP contribution < -0.4 is 5.32 Å². The summed E-state index contributed by atoms with van der Waals surface area (Å²) in [6.45, 7) is 8.47. The number of hydrogen-bond donors (Lipinski definition) is 1. The van der Waals surface area contributed by atoms with Crippen LogP contribution >= 0.6 is 0 Å². The minimum Gasteiger partial charge on any atom is -0.378 e. The molecule has 0 radical (unpaired) electrons. The predicted molar refractivity (Wildman–Crippen MR) is 144 cm³/mol. The molecule has 38 heavy (non-hydrogen) atoms. The number of benzene rings is 1. The van der Waals surface area contributed by atoms with Crippen molar-refractivity contribution in [2.24, 2.45) is 11.8 Å². The second-order valence-corrected chi connectivity index (χ2v) is 10.9. The Morgan fingerprint density at radius 2 is 1.95 bits per heavy atom.